The summed E-state index contributed by atoms with van der Waals surface area (Å²) < 4.78 is 17.2. The minimum absolute atomic E-state index is 0.0150. The first-order valence-corrected chi connectivity index (χ1v) is 9.87. The van der Waals surface area contributed by atoms with Crippen LogP contribution in [0, 0.1) is 0 Å². The Labute approximate surface area is 170 Å². The quantitative estimate of drug-likeness (QED) is 0.628. The number of ether oxygens (including phenoxy) is 2. The maximum atomic E-state index is 13.1. The maximum absolute atomic E-state index is 13.1. The van der Waals surface area contributed by atoms with Gasteiger partial charge in [-0.2, -0.15) is 0 Å². The number of amides is 1. The smallest absolute Gasteiger partial charge is 0.254 e. The van der Waals surface area contributed by atoms with Gasteiger partial charge in [0.25, 0.3) is 5.91 Å². The molecular weight excluding hydrogens is 368 g/mol. The van der Waals surface area contributed by atoms with E-state index >= 15 is 0 Å². The number of furan rings is 1. The zero-order valence-electron chi connectivity index (χ0n) is 16.5. The molecule has 1 aliphatic heterocycles. The first-order chi connectivity index (χ1) is 14.2. The van der Waals surface area contributed by atoms with Crippen molar-refractivity contribution in [2.24, 2.45) is 0 Å². The number of aryl methyl sites for hydroxylation is 1. The molecule has 3 heterocycles. The second kappa shape index (κ2) is 8.82. The third-order valence-corrected chi connectivity index (χ3v) is 4.93. The van der Waals surface area contributed by atoms with E-state index in [1.54, 1.807) is 36.9 Å². The van der Waals surface area contributed by atoms with Crippen LogP contribution >= 0.6 is 0 Å². The summed E-state index contributed by atoms with van der Waals surface area (Å²) in [5.74, 6) is 2.15. The maximum Gasteiger partial charge on any atom is 0.254 e. The van der Waals surface area contributed by atoms with Gasteiger partial charge in [-0.15, -0.1) is 0 Å². The van der Waals surface area contributed by atoms with Crippen molar-refractivity contribution in [3.05, 3.63) is 77.5 Å². The van der Waals surface area contributed by atoms with Gasteiger partial charge in [0, 0.05) is 48.6 Å². The second-order valence-corrected chi connectivity index (χ2v) is 6.94. The minimum Gasteiger partial charge on any atom is -0.490 e. The van der Waals surface area contributed by atoms with Gasteiger partial charge in [-0.25, -0.2) is 0 Å². The highest BCUT2D eigenvalue weighted by atomic mass is 16.5. The van der Waals surface area contributed by atoms with E-state index in [-0.39, 0.29) is 5.91 Å². The third kappa shape index (κ3) is 4.42. The number of pyridine rings is 1. The molecule has 29 heavy (non-hydrogen) atoms. The topological polar surface area (TPSA) is 64.8 Å². The van der Waals surface area contributed by atoms with Gasteiger partial charge in [-0.05, 0) is 43.7 Å². The van der Waals surface area contributed by atoms with Crippen molar-refractivity contribution >= 4 is 5.91 Å². The lowest BCUT2D eigenvalue weighted by molar-refractivity contribution is 0.0745. The molecule has 0 radical (unpaired) electrons. The van der Waals surface area contributed by atoms with Crippen molar-refractivity contribution < 1.29 is 18.7 Å². The molecule has 0 N–H and O–H groups in total. The lowest BCUT2D eigenvalue weighted by atomic mass is 10.1. The summed E-state index contributed by atoms with van der Waals surface area (Å²) >= 11 is 0. The molecule has 1 aliphatic rings. The number of carbonyl (C=O) groups is 1. The minimum atomic E-state index is -0.0150. The predicted molar refractivity (Wildman–Crippen MR) is 108 cm³/mol. The van der Waals surface area contributed by atoms with E-state index < -0.39 is 0 Å². The van der Waals surface area contributed by atoms with Crippen molar-refractivity contribution in [3.63, 3.8) is 0 Å². The number of nitrogens with zero attached hydrogens (tertiary/aromatic N) is 2. The Balaban J connectivity index is 1.51. The van der Waals surface area contributed by atoms with Crippen molar-refractivity contribution in [2.45, 2.75) is 32.9 Å². The van der Waals surface area contributed by atoms with Crippen LogP contribution in [0.5, 0.6) is 11.5 Å². The van der Waals surface area contributed by atoms with E-state index in [1.807, 2.05) is 30.0 Å². The van der Waals surface area contributed by atoms with Crippen molar-refractivity contribution in [3.8, 4) is 11.5 Å². The molecule has 0 fully saturated rings. The predicted octanol–water partition coefficient (Wildman–Crippen LogP) is 4.24. The van der Waals surface area contributed by atoms with E-state index in [0.29, 0.717) is 43.4 Å². The Kier molecular flexibility index (Phi) is 5.79. The third-order valence-electron chi connectivity index (χ3n) is 4.93. The molecule has 1 amide bonds. The van der Waals surface area contributed by atoms with Gasteiger partial charge in [0.15, 0.2) is 11.5 Å². The molecule has 0 unspecified atom stereocenters. The molecule has 6 heteroatoms. The molecule has 0 aliphatic carbocycles. The van der Waals surface area contributed by atoms with Crippen molar-refractivity contribution in [1.82, 2.24) is 9.88 Å². The average molecular weight is 392 g/mol. The van der Waals surface area contributed by atoms with E-state index in [9.17, 15) is 4.79 Å². The highest BCUT2D eigenvalue weighted by Gasteiger charge is 2.23. The molecule has 3 aromatic rings. The van der Waals surface area contributed by atoms with Crippen LogP contribution in [0.4, 0.5) is 0 Å². The van der Waals surface area contributed by atoms with E-state index in [2.05, 4.69) is 4.98 Å². The Morgan fingerprint density at radius 1 is 1.21 bits per heavy atom. The molecule has 4 rings (SSSR count). The summed E-state index contributed by atoms with van der Waals surface area (Å²) in [4.78, 5) is 19.1. The van der Waals surface area contributed by atoms with Crippen LogP contribution in [0.15, 0.2) is 59.5 Å². The van der Waals surface area contributed by atoms with Crippen LogP contribution in [0.25, 0.3) is 0 Å². The zero-order valence-corrected chi connectivity index (χ0v) is 16.5. The van der Waals surface area contributed by atoms with E-state index in [4.69, 9.17) is 13.9 Å². The summed E-state index contributed by atoms with van der Waals surface area (Å²) in [5.41, 5.74) is 2.64. The highest BCUT2D eigenvalue weighted by Crippen LogP contribution is 2.30. The van der Waals surface area contributed by atoms with Crippen LogP contribution < -0.4 is 9.47 Å². The molecular formula is C23H24N2O4. The summed E-state index contributed by atoms with van der Waals surface area (Å²) in [6.45, 7) is 4.05. The Morgan fingerprint density at radius 2 is 2.14 bits per heavy atom. The van der Waals surface area contributed by atoms with Crippen LogP contribution in [0.3, 0.4) is 0 Å². The lowest BCUT2D eigenvalue weighted by Gasteiger charge is -2.21. The fraction of sp³-hybridized carbons (Fsp3) is 0.304. The monoisotopic (exact) mass is 392 g/mol. The standard InChI is InChI=1S/C23H24N2O4/c1-2-27-22-13-18(7-8-21(22)29-16-17-5-3-10-24-14-17)23(26)25-11-4-6-20-19(15-25)9-12-28-20/h3,5,7-10,12-14H,2,4,6,11,15-16H2,1H3. The van der Waals surface area contributed by atoms with Crippen LogP contribution in [0.2, 0.25) is 0 Å². The van der Waals surface area contributed by atoms with Crippen LogP contribution in [-0.2, 0) is 19.6 Å². The number of benzene rings is 1. The van der Waals surface area contributed by atoms with Gasteiger partial charge >= 0.3 is 0 Å². The Hall–Kier alpha value is -3.28. The number of fused-ring (bicyclic) bond motifs is 1. The first kappa shape index (κ1) is 19.1. The molecule has 0 atom stereocenters. The fourth-order valence-electron chi connectivity index (χ4n) is 3.47. The molecule has 150 valence electrons. The van der Waals surface area contributed by atoms with Crippen LogP contribution in [0.1, 0.15) is 40.6 Å². The number of aromatic nitrogens is 1. The highest BCUT2D eigenvalue weighted by molar-refractivity contribution is 5.95. The molecule has 0 bridgehead atoms. The SMILES string of the molecule is CCOc1cc(C(=O)N2CCCc3occc3C2)ccc1OCc1cccnc1. The molecule has 1 aromatic carbocycles. The normalized spacial score (nSPS) is 13.5. The summed E-state index contributed by atoms with van der Waals surface area (Å²) in [6.07, 6.45) is 6.93. The second-order valence-electron chi connectivity index (χ2n) is 6.94. The van der Waals surface area contributed by atoms with E-state index in [1.165, 1.54) is 0 Å². The number of hydrogen-bond donors (Lipinski definition) is 0. The van der Waals surface area contributed by atoms with Gasteiger partial charge in [-0.3, -0.25) is 9.78 Å². The average Bonchev–Trinajstić information content (AvgIpc) is 3.10. The van der Waals surface area contributed by atoms with Crippen LogP contribution in [-0.4, -0.2) is 28.9 Å². The van der Waals surface area contributed by atoms with Gasteiger partial charge in [0.1, 0.15) is 12.4 Å². The molecule has 0 saturated heterocycles. The molecule has 2 aromatic heterocycles. The molecule has 0 spiro atoms. The number of carbonyl (C=O) groups excluding carboxylic acids is 1. The van der Waals surface area contributed by atoms with Crippen molar-refractivity contribution in [2.75, 3.05) is 13.2 Å². The molecule has 0 saturated carbocycles. The van der Waals surface area contributed by atoms with Gasteiger partial charge in [0.2, 0.25) is 0 Å². The fourth-order valence-corrected chi connectivity index (χ4v) is 3.47. The lowest BCUT2D eigenvalue weighted by Crippen LogP contribution is -2.30. The number of rotatable bonds is 6. The summed E-state index contributed by atoms with van der Waals surface area (Å²) in [5, 5.41) is 0. The summed E-state index contributed by atoms with van der Waals surface area (Å²) in [7, 11) is 0. The molecule has 6 nitrogen and oxygen atoms in total. The van der Waals surface area contributed by atoms with Gasteiger partial charge in [-0.1, -0.05) is 6.07 Å². The van der Waals surface area contributed by atoms with Gasteiger partial charge in [0.05, 0.1) is 12.9 Å². The Morgan fingerprint density at radius 3 is 2.97 bits per heavy atom. The first-order valence-electron chi connectivity index (χ1n) is 9.87. The summed E-state index contributed by atoms with van der Waals surface area (Å²) in [6, 6.07) is 11.1. The largest absolute Gasteiger partial charge is 0.490 e. The number of hydrogen-bond acceptors (Lipinski definition) is 5. The van der Waals surface area contributed by atoms with E-state index in [0.717, 1.165) is 29.7 Å². The van der Waals surface area contributed by atoms with Gasteiger partial charge < -0.3 is 18.8 Å². The van der Waals surface area contributed by atoms with Crippen molar-refractivity contribution in [1.29, 1.82) is 0 Å². The zero-order chi connectivity index (χ0) is 20.1. The Bertz CT molecular complexity index is 968.